The van der Waals surface area contributed by atoms with E-state index in [2.05, 4.69) is 39.3 Å². The van der Waals surface area contributed by atoms with Crippen LogP contribution >= 0.6 is 0 Å². The molecule has 0 unspecified atom stereocenters. The molecule has 0 radical (unpaired) electrons. The number of carbonyl (C=O) groups excluding carboxylic acids is 1. The summed E-state index contributed by atoms with van der Waals surface area (Å²) in [5, 5.41) is 4.16. The molecule has 27 heavy (non-hydrogen) atoms. The van der Waals surface area contributed by atoms with Crippen LogP contribution < -0.4 is 10.1 Å². The lowest BCUT2D eigenvalue weighted by atomic mass is 10.1. The molecule has 0 saturated heterocycles. The van der Waals surface area contributed by atoms with Gasteiger partial charge in [-0.25, -0.2) is 9.97 Å². The molecule has 2 N–H and O–H groups in total. The lowest BCUT2D eigenvalue weighted by Gasteiger charge is -2.12. The standard InChI is InChI=1S/C20H25N5O2/c1-13-11-22-20(24-19(13)21-8-5-9-25(2)3)18-16(12-26)15-10-14(27-4)6-7-17(15)23-18/h6-7,10-12,23H,5,8-9H2,1-4H3,(H,21,22,24). The number of aldehydes is 1. The number of aromatic nitrogens is 3. The topological polar surface area (TPSA) is 83.1 Å². The number of aryl methyl sites for hydroxylation is 1. The van der Waals surface area contributed by atoms with Gasteiger partial charge in [0.2, 0.25) is 0 Å². The molecule has 7 heteroatoms. The van der Waals surface area contributed by atoms with Crippen LogP contribution in [0.5, 0.6) is 5.75 Å². The number of fused-ring (bicyclic) bond motifs is 1. The van der Waals surface area contributed by atoms with Gasteiger partial charge in [0.05, 0.1) is 18.4 Å². The van der Waals surface area contributed by atoms with E-state index in [9.17, 15) is 4.79 Å². The quantitative estimate of drug-likeness (QED) is 0.470. The molecule has 0 atom stereocenters. The van der Waals surface area contributed by atoms with Gasteiger partial charge in [-0.05, 0) is 52.2 Å². The molecular weight excluding hydrogens is 342 g/mol. The molecule has 0 aliphatic rings. The summed E-state index contributed by atoms with van der Waals surface area (Å²) >= 11 is 0. The van der Waals surface area contributed by atoms with Crippen molar-refractivity contribution in [3.8, 4) is 17.3 Å². The van der Waals surface area contributed by atoms with E-state index < -0.39 is 0 Å². The van der Waals surface area contributed by atoms with Gasteiger partial charge in [0.25, 0.3) is 0 Å². The number of aromatic amines is 1. The van der Waals surface area contributed by atoms with E-state index in [4.69, 9.17) is 4.74 Å². The number of methoxy groups -OCH3 is 1. The second-order valence-corrected chi connectivity index (χ2v) is 6.75. The molecule has 3 aromatic rings. The Morgan fingerprint density at radius 3 is 2.85 bits per heavy atom. The van der Waals surface area contributed by atoms with Crippen LogP contribution in [-0.4, -0.2) is 60.4 Å². The first-order chi connectivity index (χ1) is 13.0. The minimum atomic E-state index is 0.493. The summed E-state index contributed by atoms with van der Waals surface area (Å²) in [4.78, 5) is 26.3. The van der Waals surface area contributed by atoms with Crippen molar-refractivity contribution < 1.29 is 9.53 Å². The van der Waals surface area contributed by atoms with Crippen molar-refractivity contribution in [2.45, 2.75) is 13.3 Å². The van der Waals surface area contributed by atoms with Gasteiger partial charge in [-0.2, -0.15) is 0 Å². The average Bonchev–Trinajstić information content (AvgIpc) is 3.03. The van der Waals surface area contributed by atoms with Crippen molar-refractivity contribution in [3.05, 3.63) is 35.5 Å². The Morgan fingerprint density at radius 2 is 2.15 bits per heavy atom. The SMILES string of the molecule is COc1ccc2[nH]c(-c3ncc(C)c(NCCCN(C)C)n3)c(C=O)c2c1. The number of hydrogen-bond donors (Lipinski definition) is 2. The average molecular weight is 367 g/mol. The summed E-state index contributed by atoms with van der Waals surface area (Å²) in [6.07, 6.45) is 3.62. The van der Waals surface area contributed by atoms with Gasteiger partial charge in [0.15, 0.2) is 12.1 Å². The van der Waals surface area contributed by atoms with Gasteiger partial charge in [0.1, 0.15) is 11.6 Å². The van der Waals surface area contributed by atoms with E-state index in [1.54, 1.807) is 13.3 Å². The van der Waals surface area contributed by atoms with Gasteiger partial charge in [-0.1, -0.05) is 0 Å². The monoisotopic (exact) mass is 367 g/mol. The summed E-state index contributed by atoms with van der Waals surface area (Å²) in [6, 6.07) is 5.58. The third-order valence-electron chi connectivity index (χ3n) is 4.43. The van der Waals surface area contributed by atoms with Crippen LogP contribution in [0.3, 0.4) is 0 Å². The molecule has 7 nitrogen and oxygen atoms in total. The molecule has 0 saturated carbocycles. The Labute approximate surface area is 158 Å². The molecule has 0 fully saturated rings. The van der Waals surface area contributed by atoms with Crippen molar-refractivity contribution in [1.29, 1.82) is 0 Å². The van der Waals surface area contributed by atoms with Gasteiger partial charge in [-0.15, -0.1) is 0 Å². The highest BCUT2D eigenvalue weighted by molar-refractivity contribution is 6.04. The molecule has 142 valence electrons. The molecular formula is C20H25N5O2. The predicted molar refractivity (Wildman–Crippen MR) is 108 cm³/mol. The number of hydrogen-bond acceptors (Lipinski definition) is 6. The van der Waals surface area contributed by atoms with Crippen molar-refractivity contribution in [3.63, 3.8) is 0 Å². The van der Waals surface area contributed by atoms with Gasteiger partial charge >= 0.3 is 0 Å². The molecule has 2 heterocycles. The fraction of sp³-hybridized carbons (Fsp3) is 0.350. The zero-order valence-electron chi connectivity index (χ0n) is 16.2. The molecule has 3 rings (SSSR count). The molecule has 0 amide bonds. The van der Waals surface area contributed by atoms with Crippen molar-refractivity contribution in [2.24, 2.45) is 0 Å². The fourth-order valence-corrected chi connectivity index (χ4v) is 2.96. The minimum Gasteiger partial charge on any atom is -0.497 e. The van der Waals surface area contributed by atoms with E-state index in [1.807, 2.05) is 25.1 Å². The highest BCUT2D eigenvalue weighted by Gasteiger charge is 2.16. The van der Waals surface area contributed by atoms with Crippen LogP contribution in [0.4, 0.5) is 5.82 Å². The Morgan fingerprint density at radius 1 is 1.33 bits per heavy atom. The Balaban J connectivity index is 1.94. The van der Waals surface area contributed by atoms with Crippen LogP contribution in [-0.2, 0) is 0 Å². The summed E-state index contributed by atoms with van der Waals surface area (Å²) in [5.74, 6) is 1.98. The Kier molecular flexibility index (Phi) is 5.71. The van der Waals surface area contributed by atoms with E-state index in [0.29, 0.717) is 22.8 Å². The molecule has 0 spiro atoms. The van der Waals surface area contributed by atoms with Crippen LogP contribution in [0.15, 0.2) is 24.4 Å². The number of anilines is 1. The first-order valence-electron chi connectivity index (χ1n) is 8.91. The zero-order valence-corrected chi connectivity index (χ0v) is 16.2. The lowest BCUT2D eigenvalue weighted by Crippen LogP contribution is -2.17. The number of nitrogens with one attached hydrogen (secondary N) is 2. The Bertz CT molecular complexity index is 949. The smallest absolute Gasteiger partial charge is 0.178 e. The van der Waals surface area contributed by atoms with Crippen molar-refractivity contribution in [1.82, 2.24) is 19.9 Å². The number of nitrogens with zero attached hydrogens (tertiary/aromatic N) is 3. The van der Waals surface area contributed by atoms with E-state index in [1.165, 1.54) is 0 Å². The Hall–Kier alpha value is -2.93. The normalized spacial score (nSPS) is 11.1. The van der Waals surface area contributed by atoms with E-state index in [0.717, 1.165) is 48.1 Å². The highest BCUT2D eigenvalue weighted by Crippen LogP contribution is 2.30. The molecule has 0 bridgehead atoms. The molecule has 1 aromatic carbocycles. The van der Waals surface area contributed by atoms with Gasteiger partial charge < -0.3 is 19.9 Å². The number of carbonyl (C=O) groups is 1. The van der Waals surface area contributed by atoms with E-state index in [-0.39, 0.29) is 0 Å². The number of ether oxygens (including phenoxy) is 1. The first-order valence-corrected chi connectivity index (χ1v) is 8.91. The number of rotatable bonds is 8. The number of benzene rings is 1. The zero-order chi connectivity index (χ0) is 19.4. The summed E-state index contributed by atoms with van der Waals surface area (Å²) in [5.41, 5.74) is 2.96. The van der Waals surface area contributed by atoms with E-state index >= 15 is 0 Å². The maximum absolute atomic E-state index is 11.8. The largest absolute Gasteiger partial charge is 0.497 e. The lowest BCUT2D eigenvalue weighted by molar-refractivity contribution is 0.112. The molecule has 0 aliphatic heterocycles. The molecule has 2 aromatic heterocycles. The molecule has 0 aliphatic carbocycles. The van der Waals surface area contributed by atoms with Crippen molar-refractivity contribution in [2.75, 3.05) is 39.6 Å². The van der Waals surface area contributed by atoms with Crippen LogP contribution in [0.2, 0.25) is 0 Å². The third-order valence-corrected chi connectivity index (χ3v) is 4.43. The third kappa shape index (κ3) is 4.09. The summed E-state index contributed by atoms with van der Waals surface area (Å²) in [7, 11) is 5.71. The maximum atomic E-state index is 11.8. The maximum Gasteiger partial charge on any atom is 0.178 e. The second kappa shape index (κ2) is 8.18. The second-order valence-electron chi connectivity index (χ2n) is 6.75. The van der Waals surface area contributed by atoms with Gasteiger partial charge in [-0.3, -0.25) is 4.79 Å². The summed E-state index contributed by atoms with van der Waals surface area (Å²) in [6.45, 7) is 3.79. The van der Waals surface area contributed by atoms with Crippen LogP contribution in [0.1, 0.15) is 22.3 Å². The van der Waals surface area contributed by atoms with Crippen molar-refractivity contribution >= 4 is 23.0 Å². The number of H-pyrrole nitrogens is 1. The first kappa shape index (κ1) is 18.8. The van der Waals surface area contributed by atoms with Crippen LogP contribution in [0, 0.1) is 6.92 Å². The van der Waals surface area contributed by atoms with Gasteiger partial charge in [0, 0.05) is 29.2 Å². The van der Waals surface area contributed by atoms with Crippen LogP contribution in [0.25, 0.3) is 22.4 Å². The summed E-state index contributed by atoms with van der Waals surface area (Å²) < 4.78 is 5.27. The highest BCUT2D eigenvalue weighted by atomic mass is 16.5. The fourth-order valence-electron chi connectivity index (χ4n) is 2.96. The predicted octanol–water partition coefficient (Wildman–Crippen LogP) is 3.12. The minimum absolute atomic E-state index is 0.493.